The number of sulfonamides is 1. The standard InChI is InChI=1S/C9H16BrNO2S/c1-11(14(12,13)6-10)9-5-7-2-3-8(9)4-7/h7-9H,2-6H2,1H3. The minimum absolute atomic E-state index is 0.0460. The van der Waals surface area contributed by atoms with Gasteiger partial charge < -0.3 is 0 Å². The molecule has 0 spiro atoms. The van der Waals surface area contributed by atoms with E-state index in [0.717, 1.165) is 12.3 Å². The van der Waals surface area contributed by atoms with Gasteiger partial charge >= 0.3 is 0 Å². The van der Waals surface area contributed by atoms with Crippen molar-refractivity contribution in [1.29, 1.82) is 0 Å². The van der Waals surface area contributed by atoms with E-state index in [1.54, 1.807) is 11.4 Å². The summed E-state index contributed by atoms with van der Waals surface area (Å²) in [6.07, 6.45) is 4.85. The van der Waals surface area contributed by atoms with E-state index in [1.165, 1.54) is 19.3 Å². The summed E-state index contributed by atoms with van der Waals surface area (Å²) in [5.41, 5.74) is 0. The van der Waals surface area contributed by atoms with E-state index in [9.17, 15) is 8.42 Å². The molecule has 14 heavy (non-hydrogen) atoms. The Kier molecular flexibility index (Phi) is 2.92. The summed E-state index contributed by atoms with van der Waals surface area (Å²) in [5, 5.41) is 0. The van der Waals surface area contributed by atoms with Gasteiger partial charge in [0.05, 0.1) is 0 Å². The molecule has 82 valence electrons. The molecule has 3 nitrogen and oxygen atoms in total. The van der Waals surface area contributed by atoms with Gasteiger partial charge in [0.1, 0.15) is 4.66 Å². The van der Waals surface area contributed by atoms with Crippen LogP contribution in [0.25, 0.3) is 0 Å². The van der Waals surface area contributed by atoms with Gasteiger partial charge in [-0.2, -0.15) is 0 Å². The zero-order chi connectivity index (χ0) is 10.3. The first-order valence-electron chi connectivity index (χ1n) is 5.06. The number of hydrogen-bond acceptors (Lipinski definition) is 2. The molecule has 2 aliphatic carbocycles. The topological polar surface area (TPSA) is 37.4 Å². The molecule has 5 heteroatoms. The molecule has 3 atom stereocenters. The predicted molar refractivity (Wildman–Crippen MR) is 59.7 cm³/mol. The molecule has 2 saturated carbocycles. The monoisotopic (exact) mass is 281 g/mol. The van der Waals surface area contributed by atoms with Crippen molar-refractivity contribution in [2.24, 2.45) is 11.8 Å². The fourth-order valence-electron chi connectivity index (χ4n) is 2.94. The number of nitrogens with zero attached hydrogens (tertiary/aromatic N) is 1. The number of alkyl halides is 1. The van der Waals surface area contributed by atoms with Crippen LogP contribution in [0.3, 0.4) is 0 Å². The van der Waals surface area contributed by atoms with Gasteiger partial charge in [0.25, 0.3) is 0 Å². The normalized spacial score (nSPS) is 36.9. The fraction of sp³-hybridized carbons (Fsp3) is 1.00. The van der Waals surface area contributed by atoms with Crippen LogP contribution in [0.1, 0.15) is 25.7 Å². The van der Waals surface area contributed by atoms with E-state index in [0.29, 0.717) is 5.92 Å². The van der Waals surface area contributed by atoms with Gasteiger partial charge in [0.2, 0.25) is 10.0 Å². The second-order valence-electron chi connectivity index (χ2n) is 4.48. The lowest BCUT2D eigenvalue weighted by Gasteiger charge is -2.30. The number of rotatable bonds is 3. The van der Waals surface area contributed by atoms with Crippen LogP contribution in [-0.4, -0.2) is 30.5 Å². The first kappa shape index (κ1) is 10.9. The predicted octanol–water partition coefficient (Wildman–Crippen LogP) is 1.79. The average Bonchev–Trinajstić information content (AvgIpc) is 2.77. The maximum Gasteiger partial charge on any atom is 0.224 e. The van der Waals surface area contributed by atoms with Crippen molar-refractivity contribution in [2.45, 2.75) is 31.7 Å². The SMILES string of the molecule is CN(C1CC2CCC1C2)S(=O)(=O)CBr. The zero-order valence-electron chi connectivity index (χ0n) is 8.32. The summed E-state index contributed by atoms with van der Waals surface area (Å²) >= 11 is 3.04. The van der Waals surface area contributed by atoms with Crippen molar-refractivity contribution >= 4 is 26.0 Å². The van der Waals surface area contributed by atoms with Crippen LogP contribution in [0.15, 0.2) is 0 Å². The molecule has 2 fully saturated rings. The summed E-state index contributed by atoms with van der Waals surface area (Å²) in [6, 6.07) is 0.274. The van der Waals surface area contributed by atoms with Crippen LogP contribution >= 0.6 is 15.9 Å². The maximum absolute atomic E-state index is 11.6. The van der Waals surface area contributed by atoms with E-state index in [4.69, 9.17) is 0 Å². The summed E-state index contributed by atoms with van der Waals surface area (Å²) in [5.74, 6) is 1.41. The molecule has 0 aliphatic heterocycles. The van der Waals surface area contributed by atoms with E-state index >= 15 is 0 Å². The lowest BCUT2D eigenvalue weighted by Crippen LogP contribution is -2.40. The van der Waals surface area contributed by atoms with Crippen LogP contribution in [-0.2, 0) is 10.0 Å². The number of hydrogen-bond donors (Lipinski definition) is 0. The highest BCUT2D eigenvalue weighted by molar-refractivity contribution is 9.10. The van der Waals surface area contributed by atoms with E-state index in [2.05, 4.69) is 15.9 Å². The average molecular weight is 282 g/mol. The van der Waals surface area contributed by atoms with Gasteiger partial charge in [0, 0.05) is 13.1 Å². The summed E-state index contributed by atoms with van der Waals surface area (Å²) in [6.45, 7) is 0. The zero-order valence-corrected chi connectivity index (χ0v) is 10.7. The highest BCUT2D eigenvalue weighted by atomic mass is 79.9. The molecule has 2 aliphatic rings. The lowest BCUT2D eigenvalue weighted by atomic mass is 9.96. The smallest absolute Gasteiger partial charge is 0.211 e. The van der Waals surface area contributed by atoms with Crippen molar-refractivity contribution < 1.29 is 8.42 Å². The van der Waals surface area contributed by atoms with Crippen molar-refractivity contribution in [2.75, 3.05) is 11.7 Å². The minimum atomic E-state index is -3.05. The van der Waals surface area contributed by atoms with Crippen molar-refractivity contribution in [3.05, 3.63) is 0 Å². The molecule has 2 rings (SSSR count). The van der Waals surface area contributed by atoms with E-state index in [1.807, 2.05) is 0 Å². The molecule has 0 N–H and O–H groups in total. The Balaban J connectivity index is 2.10. The van der Waals surface area contributed by atoms with Crippen LogP contribution in [0.4, 0.5) is 0 Å². The second-order valence-corrected chi connectivity index (χ2v) is 7.81. The van der Waals surface area contributed by atoms with Crippen LogP contribution in [0, 0.1) is 11.8 Å². The first-order chi connectivity index (χ1) is 6.54. The third-order valence-electron chi connectivity index (χ3n) is 3.74. The Hall–Kier alpha value is 0.390. The Bertz CT molecular complexity index is 317. The highest BCUT2D eigenvalue weighted by Gasteiger charge is 2.43. The molecule has 0 aromatic rings. The van der Waals surface area contributed by atoms with Gasteiger partial charge in [-0.25, -0.2) is 12.7 Å². The van der Waals surface area contributed by atoms with Crippen LogP contribution in [0.2, 0.25) is 0 Å². The van der Waals surface area contributed by atoms with Gasteiger partial charge in [-0.3, -0.25) is 0 Å². The lowest BCUT2D eigenvalue weighted by molar-refractivity contribution is 0.268. The minimum Gasteiger partial charge on any atom is -0.211 e. The molecular formula is C9H16BrNO2S. The van der Waals surface area contributed by atoms with Crippen molar-refractivity contribution in [1.82, 2.24) is 4.31 Å². The third-order valence-corrected chi connectivity index (χ3v) is 6.90. The van der Waals surface area contributed by atoms with E-state index in [-0.39, 0.29) is 10.7 Å². The second kappa shape index (κ2) is 3.76. The molecular weight excluding hydrogens is 266 g/mol. The Morgan fingerprint density at radius 1 is 1.36 bits per heavy atom. The molecule has 0 radical (unpaired) electrons. The summed E-state index contributed by atoms with van der Waals surface area (Å²) in [4.78, 5) is 0. The molecule has 0 saturated heterocycles. The Labute approximate surface area is 94.0 Å². The van der Waals surface area contributed by atoms with Gasteiger partial charge in [-0.05, 0) is 31.1 Å². The van der Waals surface area contributed by atoms with Gasteiger partial charge in [0.15, 0.2) is 0 Å². The molecule has 0 aromatic carbocycles. The van der Waals surface area contributed by atoms with Gasteiger partial charge in [-0.15, -0.1) is 0 Å². The van der Waals surface area contributed by atoms with Crippen molar-refractivity contribution in [3.8, 4) is 0 Å². The third kappa shape index (κ3) is 1.74. The number of halogens is 1. The van der Waals surface area contributed by atoms with Crippen LogP contribution < -0.4 is 0 Å². The van der Waals surface area contributed by atoms with E-state index < -0.39 is 10.0 Å². The van der Waals surface area contributed by atoms with Gasteiger partial charge in [-0.1, -0.05) is 22.4 Å². The Morgan fingerprint density at radius 2 is 2.07 bits per heavy atom. The summed E-state index contributed by atoms with van der Waals surface area (Å²) < 4.78 is 24.9. The fourth-order valence-corrected chi connectivity index (χ4v) is 4.73. The molecule has 0 amide bonds. The maximum atomic E-state index is 11.6. The highest BCUT2D eigenvalue weighted by Crippen LogP contribution is 2.46. The van der Waals surface area contributed by atoms with Crippen molar-refractivity contribution in [3.63, 3.8) is 0 Å². The molecule has 0 aromatic heterocycles. The summed E-state index contributed by atoms with van der Waals surface area (Å²) in [7, 11) is -1.33. The quantitative estimate of drug-likeness (QED) is 0.740. The molecule has 2 bridgehead atoms. The number of fused-ring (bicyclic) bond motifs is 2. The Morgan fingerprint density at radius 3 is 2.50 bits per heavy atom. The largest absolute Gasteiger partial charge is 0.224 e. The van der Waals surface area contributed by atoms with Crippen LogP contribution in [0.5, 0.6) is 0 Å². The molecule has 3 unspecified atom stereocenters. The first-order valence-corrected chi connectivity index (χ1v) is 7.79. The molecule has 0 heterocycles.